The lowest BCUT2D eigenvalue weighted by molar-refractivity contribution is -0.384. The Bertz CT molecular complexity index is 562. The molecule has 2 unspecified atom stereocenters. The topological polar surface area (TPSA) is 81.5 Å². The number of nitrogens with zero attached hydrogens (tertiary/aromatic N) is 1. The first-order chi connectivity index (χ1) is 9.58. The number of hydrogen-bond donors (Lipinski definition) is 1. The lowest BCUT2D eigenvalue weighted by Crippen LogP contribution is -2.22. The van der Waals surface area contributed by atoms with Crippen LogP contribution in [-0.4, -0.2) is 17.9 Å². The molecule has 106 valence electrons. The van der Waals surface area contributed by atoms with Gasteiger partial charge in [0.15, 0.2) is 0 Å². The van der Waals surface area contributed by atoms with Gasteiger partial charge in [0, 0.05) is 5.92 Å². The predicted octanol–water partition coefficient (Wildman–Crippen LogP) is 2.59. The van der Waals surface area contributed by atoms with Gasteiger partial charge in [-0.2, -0.15) is 0 Å². The molecule has 2 aliphatic carbocycles. The summed E-state index contributed by atoms with van der Waals surface area (Å²) < 4.78 is 4.97. The van der Waals surface area contributed by atoms with E-state index in [1.165, 1.54) is 25.7 Å². The van der Waals surface area contributed by atoms with Crippen LogP contribution in [0.5, 0.6) is 5.75 Å². The second kappa shape index (κ2) is 4.77. The highest BCUT2D eigenvalue weighted by Gasteiger charge is 2.48. The van der Waals surface area contributed by atoms with Gasteiger partial charge in [0.2, 0.25) is 5.91 Å². The van der Waals surface area contributed by atoms with E-state index in [-0.39, 0.29) is 23.2 Å². The zero-order valence-electron chi connectivity index (χ0n) is 11.2. The van der Waals surface area contributed by atoms with Crippen LogP contribution >= 0.6 is 0 Å². The van der Waals surface area contributed by atoms with Crippen molar-refractivity contribution in [2.75, 3.05) is 12.4 Å². The smallest absolute Gasteiger partial charge is 0.296 e. The average Bonchev–Trinajstić information content (AvgIpc) is 3.05. The number of carbonyl (C=O) groups is 1. The number of nitrogens with one attached hydrogen (secondary N) is 1. The number of methoxy groups -OCH3 is 1. The van der Waals surface area contributed by atoms with Crippen LogP contribution in [0.3, 0.4) is 0 Å². The fraction of sp³-hybridized carbons (Fsp3) is 0.500. The highest BCUT2D eigenvalue weighted by Crippen LogP contribution is 2.54. The molecular weight excluding hydrogens is 260 g/mol. The number of fused-ring (bicyclic) bond motifs is 1. The molecule has 6 nitrogen and oxygen atoms in total. The Morgan fingerprint density at radius 1 is 1.35 bits per heavy atom. The number of rotatable bonds is 4. The van der Waals surface area contributed by atoms with Crippen molar-refractivity contribution in [2.45, 2.75) is 19.3 Å². The Hall–Kier alpha value is -2.11. The SMILES string of the molecule is COc1ccc(NC(=O)C2CC3CC3C2)c([N+](=O)[O-])c1. The highest BCUT2D eigenvalue weighted by atomic mass is 16.6. The van der Waals surface area contributed by atoms with Gasteiger partial charge in [0.05, 0.1) is 18.1 Å². The van der Waals surface area contributed by atoms with Crippen LogP contribution in [0.25, 0.3) is 0 Å². The molecule has 0 heterocycles. The average molecular weight is 276 g/mol. The van der Waals surface area contributed by atoms with E-state index in [1.807, 2.05) is 0 Å². The minimum Gasteiger partial charge on any atom is -0.496 e. The van der Waals surface area contributed by atoms with Crippen molar-refractivity contribution >= 4 is 17.3 Å². The van der Waals surface area contributed by atoms with Crippen LogP contribution in [-0.2, 0) is 4.79 Å². The lowest BCUT2D eigenvalue weighted by Gasteiger charge is -2.12. The number of hydrogen-bond acceptors (Lipinski definition) is 4. The molecule has 2 atom stereocenters. The molecule has 6 heteroatoms. The van der Waals surface area contributed by atoms with Crippen LogP contribution in [0, 0.1) is 27.9 Å². The van der Waals surface area contributed by atoms with E-state index in [1.54, 1.807) is 6.07 Å². The van der Waals surface area contributed by atoms with Gasteiger partial charge in [-0.05, 0) is 43.2 Å². The van der Waals surface area contributed by atoms with Gasteiger partial charge in [-0.15, -0.1) is 0 Å². The number of amides is 1. The second-order valence-electron chi connectivity index (χ2n) is 5.55. The molecule has 1 aromatic rings. The van der Waals surface area contributed by atoms with Crippen molar-refractivity contribution in [3.63, 3.8) is 0 Å². The van der Waals surface area contributed by atoms with Crippen LogP contribution in [0.15, 0.2) is 18.2 Å². The number of ether oxygens (including phenoxy) is 1. The highest BCUT2D eigenvalue weighted by molar-refractivity contribution is 5.95. The number of nitro groups is 1. The minimum absolute atomic E-state index is 0.000422. The summed E-state index contributed by atoms with van der Waals surface area (Å²) in [5.41, 5.74) is 0.0993. The molecule has 2 fully saturated rings. The molecule has 1 amide bonds. The van der Waals surface area contributed by atoms with E-state index in [0.717, 1.165) is 12.8 Å². The third kappa shape index (κ3) is 2.33. The second-order valence-corrected chi connectivity index (χ2v) is 5.55. The Morgan fingerprint density at radius 2 is 2.05 bits per heavy atom. The number of benzene rings is 1. The third-order valence-corrected chi connectivity index (χ3v) is 4.27. The molecule has 0 saturated heterocycles. The Morgan fingerprint density at radius 3 is 2.65 bits per heavy atom. The standard InChI is InChI=1S/C14H16N2O4/c1-20-11-2-3-12(13(7-11)16(18)19)15-14(17)10-5-8-4-9(8)6-10/h2-3,7-10H,4-6H2,1H3,(H,15,17). The van der Waals surface area contributed by atoms with Crippen LogP contribution < -0.4 is 10.1 Å². The molecule has 0 spiro atoms. The summed E-state index contributed by atoms with van der Waals surface area (Å²) in [5, 5.41) is 13.7. The fourth-order valence-electron chi connectivity index (χ4n) is 3.06. The molecule has 1 N–H and O–H groups in total. The van der Waals surface area contributed by atoms with Gasteiger partial charge < -0.3 is 10.1 Å². The normalized spacial score (nSPS) is 26.8. The summed E-state index contributed by atoms with van der Waals surface area (Å²) in [5.74, 6) is 1.70. The summed E-state index contributed by atoms with van der Waals surface area (Å²) in [6.45, 7) is 0. The molecule has 3 rings (SSSR count). The fourth-order valence-corrected chi connectivity index (χ4v) is 3.06. The molecule has 2 saturated carbocycles. The van der Waals surface area contributed by atoms with Gasteiger partial charge in [-0.3, -0.25) is 14.9 Å². The van der Waals surface area contributed by atoms with E-state index < -0.39 is 4.92 Å². The maximum atomic E-state index is 12.1. The quantitative estimate of drug-likeness (QED) is 0.677. The first-order valence-corrected chi connectivity index (χ1v) is 6.71. The summed E-state index contributed by atoms with van der Waals surface area (Å²) in [6, 6.07) is 4.45. The van der Waals surface area contributed by atoms with Crippen LogP contribution in [0.4, 0.5) is 11.4 Å². The molecule has 0 radical (unpaired) electrons. The first kappa shape index (κ1) is 12.9. The predicted molar refractivity (Wildman–Crippen MR) is 72.6 cm³/mol. The molecule has 2 aliphatic rings. The Balaban J connectivity index is 1.75. The van der Waals surface area contributed by atoms with E-state index in [2.05, 4.69) is 5.32 Å². The van der Waals surface area contributed by atoms with Gasteiger partial charge in [-0.25, -0.2) is 0 Å². The molecule has 1 aromatic carbocycles. The zero-order chi connectivity index (χ0) is 14.3. The van der Waals surface area contributed by atoms with E-state index in [0.29, 0.717) is 17.6 Å². The van der Waals surface area contributed by atoms with E-state index >= 15 is 0 Å². The number of carbonyl (C=O) groups excluding carboxylic acids is 1. The van der Waals surface area contributed by atoms with E-state index in [9.17, 15) is 14.9 Å². The molecule has 0 aromatic heterocycles. The minimum atomic E-state index is -0.510. The molecular formula is C14H16N2O4. The van der Waals surface area contributed by atoms with Gasteiger partial charge in [0.25, 0.3) is 5.69 Å². The monoisotopic (exact) mass is 276 g/mol. The lowest BCUT2D eigenvalue weighted by atomic mass is 10.0. The summed E-state index contributed by atoms with van der Waals surface area (Å²) in [6.07, 6.45) is 3.08. The van der Waals surface area contributed by atoms with Crippen molar-refractivity contribution in [3.05, 3.63) is 28.3 Å². The third-order valence-electron chi connectivity index (χ3n) is 4.27. The van der Waals surface area contributed by atoms with Crippen molar-refractivity contribution in [3.8, 4) is 5.75 Å². The van der Waals surface area contributed by atoms with Crippen molar-refractivity contribution in [1.82, 2.24) is 0 Å². The summed E-state index contributed by atoms with van der Waals surface area (Å²) >= 11 is 0. The summed E-state index contributed by atoms with van der Waals surface area (Å²) in [7, 11) is 1.45. The van der Waals surface area contributed by atoms with Crippen LogP contribution in [0.2, 0.25) is 0 Å². The van der Waals surface area contributed by atoms with Gasteiger partial charge >= 0.3 is 0 Å². The molecule has 0 aliphatic heterocycles. The first-order valence-electron chi connectivity index (χ1n) is 6.71. The van der Waals surface area contributed by atoms with Crippen molar-refractivity contribution in [1.29, 1.82) is 0 Å². The Kier molecular flexibility index (Phi) is 3.08. The zero-order valence-corrected chi connectivity index (χ0v) is 11.2. The molecule has 20 heavy (non-hydrogen) atoms. The van der Waals surface area contributed by atoms with Gasteiger partial charge in [0.1, 0.15) is 11.4 Å². The molecule has 0 bridgehead atoms. The Labute approximate surface area is 116 Å². The van der Waals surface area contributed by atoms with Gasteiger partial charge in [-0.1, -0.05) is 0 Å². The maximum absolute atomic E-state index is 12.1. The van der Waals surface area contributed by atoms with Crippen molar-refractivity contribution < 1.29 is 14.5 Å². The largest absolute Gasteiger partial charge is 0.496 e. The number of anilines is 1. The van der Waals surface area contributed by atoms with E-state index in [4.69, 9.17) is 4.74 Å². The number of nitro benzene ring substituents is 1. The van der Waals surface area contributed by atoms with Crippen molar-refractivity contribution in [2.24, 2.45) is 17.8 Å². The summed E-state index contributed by atoms with van der Waals surface area (Å²) in [4.78, 5) is 22.7. The van der Waals surface area contributed by atoms with Crippen LogP contribution in [0.1, 0.15) is 19.3 Å². The maximum Gasteiger partial charge on any atom is 0.296 e.